The molecule has 0 atom stereocenters. The van der Waals surface area contributed by atoms with Gasteiger partial charge in [0, 0.05) is 24.9 Å². The fourth-order valence-corrected chi connectivity index (χ4v) is 2.34. The minimum absolute atomic E-state index is 0.150. The standard InChI is InChI=1S/C17H14N2O5/c1-19-9-16(23-2)14(21)8-12(19)17(22)18-10-3-4-15-11(7-10)13(20)5-6-24-15/h3-9H,1-2H3,(H,18,22). The molecule has 1 N–H and O–H groups in total. The highest BCUT2D eigenvalue weighted by molar-refractivity contribution is 6.03. The van der Waals surface area contributed by atoms with E-state index >= 15 is 0 Å². The largest absolute Gasteiger partial charge is 0.491 e. The first-order valence-electron chi connectivity index (χ1n) is 7.07. The van der Waals surface area contributed by atoms with Gasteiger partial charge in [-0.1, -0.05) is 0 Å². The summed E-state index contributed by atoms with van der Waals surface area (Å²) in [5, 5.41) is 3.02. The van der Waals surface area contributed by atoms with Gasteiger partial charge in [0.1, 0.15) is 11.3 Å². The van der Waals surface area contributed by atoms with Gasteiger partial charge in [0.2, 0.25) is 5.43 Å². The third kappa shape index (κ3) is 2.79. The molecule has 0 aliphatic heterocycles. The number of anilines is 1. The summed E-state index contributed by atoms with van der Waals surface area (Å²) >= 11 is 0. The summed E-state index contributed by atoms with van der Waals surface area (Å²) in [6.07, 6.45) is 2.75. The molecule has 0 fully saturated rings. The van der Waals surface area contributed by atoms with Gasteiger partial charge < -0.3 is 19.0 Å². The van der Waals surface area contributed by atoms with Crippen molar-refractivity contribution in [1.29, 1.82) is 0 Å². The maximum absolute atomic E-state index is 12.4. The lowest BCUT2D eigenvalue weighted by Gasteiger charge is -2.11. The highest BCUT2D eigenvalue weighted by Crippen LogP contribution is 2.17. The van der Waals surface area contributed by atoms with Gasteiger partial charge >= 0.3 is 0 Å². The van der Waals surface area contributed by atoms with E-state index in [1.807, 2.05) is 0 Å². The van der Waals surface area contributed by atoms with Crippen LogP contribution in [0.4, 0.5) is 5.69 Å². The Morgan fingerprint density at radius 1 is 1.17 bits per heavy atom. The summed E-state index contributed by atoms with van der Waals surface area (Å²) in [5.74, 6) is -0.325. The molecule has 0 saturated heterocycles. The number of aryl methyl sites for hydroxylation is 1. The minimum atomic E-state index is -0.475. The first-order chi connectivity index (χ1) is 11.5. The van der Waals surface area contributed by atoms with Gasteiger partial charge in [-0.2, -0.15) is 0 Å². The smallest absolute Gasteiger partial charge is 0.272 e. The van der Waals surface area contributed by atoms with Gasteiger partial charge in [-0.15, -0.1) is 0 Å². The van der Waals surface area contributed by atoms with Crippen molar-refractivity contribution in [1.82, 2.24) is 4.57 Å². The van der Waals surface area contributed by atoms with E-state index in [-0.39, 0.29) is 22.3 Å². The molecule has 0 spiro atoms. The van der Waals surface area contributed by atoms with Crippen molar-refractivity contribution in [3.05, 3.63) is 68.9 Å². The monoisotopic (exact) mass is 326 g/mol. The number of carbonyl (C=O) groups excluding carboxylic acids is 1. The number of rotatable bonds is 3. The van der Waals surface area contributed by atoms with Crippen LogP contribution < -0.4 is 20.9 Å². The Bertz CT molecular complexity index is 1050. The highest BCUT2D eigenvalue weighted by atomic mass is 16.5. The van der Waals surface area contributed by atoms with E-state index in [1.54, 1.807) is 19.2 Å². The summed E-state index contributed by atoms with van der Waals surface area (Å²) in [7, 11) is 3.02. The summed E-state index contributed by atoms with van der Waals surface area (Å²) in [4.78, 5) is 36.0. The van der Waals surface area contributed by atoms with Crippen LogP contribution in [0.2, 0.25) is 0 Å². The van der Waals surface area contributed by atoms with Crippen molar-refractivity contribution in [3.63, 3.8) is 0 Å². The molecule has 2 heterocycles. The Labute approximate surface area is 136 Å². The van der Waals surface area contributed by atoms with Crippen LogP contribution in [0.1, 0.15) is 10.5 Å². The van der Waals surface area contributed by atoms with Crippen LogP contribution in [0.25, 0.3) is 11.0 Å². The van der Waals surface area contributed by atoms with Crippen LogP contribution in [0.15, 0.2) is 56.8 Å². The van der Waals surface area contributed by atoms with Crippen molar-refractivity contribution in [2.75, 3.05) is 12.4 Å². The minimum Gasteiger partial charge on any atom is -0.491 e. The lowest BCUT2D eigenvalue weighted by atomic mass is 10.2. The second-order valence-corrected chi connectivity index (χ2v) is 5.15. The quantitative estimate of drug-likeness (QED) is 0.792. The summed E-state index contributed by atoms with van der Waals surface area (Å²) in [6, 6.07) is 7.25. The zero-order valence-electron chi connectivity index (χ0n) is 13.0. The Kier molecular flexibility index (Phi) is 3.91. The fraction of sp³-hybridized carbons (Fsp3) is 0.118. The molecule has 0 saturated carbocycles. The van der Waals surface area contributed by atoms with E-state index in [0.29, 0.717) is 16.7 Å². The van der Waals surface area contributed by atoms with Gasteiger partial charge in [0.25, 0.3) is 5.91 Å². The number of hydrogen-bond acceptors (Lipinski definition) is 5. The normalized spacial score (nSPS) is 10.6. The van der Waals surface area contributed by atoms with Crippen LogP contribution in [-0.4, -0.2) is 17.6 Å². The Morgan fingerprint density at radius 2 is 1.96 bits per heavy atom. The molecule has 0 aliphatic carbocycles. The van der Waals surface area contributed by atoms with E-state index < -0.39 is 5.91 Å². The number of aromatic nitrogens is 1. The molecular formula is C17H14N2O5. The average molecular weight is 326 g/mol. The zero-order valence-corrected chi connectivity index (χ0v) is 13.0. The Hall–Kier alpha value is -3.35. The van der Waals surface area contributed by atoms with Crippen LogP contribution in [0, 0.1) is 0 Å². The number of hydrogen-bond donors (Lipinski definition) is 1. The number of amides is 1. The molecule has 1 amide bonds. The highest BCUT2D eigenvalue weighted by Gasteiger charge is 2.13. The van der Waals surface area contributed by atoms with Crippen LogP contribution >= 0.6 is 0 Å². The van der Waals surface area contributed by atoms with Gasteiger partial charge in [-0.25, -0.2) is 0 Å². The number of pyridine rings is 1. The number of benzene rings is 1. The maximum Gasteiger partial charge on any atom is 0.272 e. The van der Waals surface area contributed by atoms with E-state index in [9.17, 15) is 14.4 Å². The molecule has 3 rings (SSSR count). The Balaban J connectivity index is 1.95. The third-order valence-electron chi connectivity index (χ3n) is 3.57. The predicted octanol–water partition coefficient (Wildman–Crippen LogP) is 1.75. The molecule has 7 heteroatoms. The van der Waals surface area contributed by atoms with Crippen molar-refractivity contribution in [3.8, 4) is 5.75 Å². The zero-order chi connectivity index (χ0) is 17.3. The lowest BCUT2D eigenvalue weighted by Crippen LogP contribution is -2.21. The van der Waals surface area contributed by atoms with Gasteiger partial charge in [-0.05, 0) is 18.2 Å². The van der Waals surface area contributed by atoms with Crippen molar-refractivity contribution in [2.45, 2.75) is 0 Å². The van der Waals surface area contributed by atoms with Crippen molar-refractivity contribution < 1.29 is 13.9 Å². The second kappa shape index (κ2) is 6.04. The third-order valence-corrected chi connectivity index (χ3v) is 3.57. The van der Waals surface area contributed by atoms with Crippen molar-refractivity contribution in [2.24, 2.45) is 7.05 Å². The van der Waals surface area contributed by atoms with E-state index in [2.05, 4.69) is 5.32 Å². The Morgan fingerprint density at radius 3 is 2.71 bits per heavy atom. The van der Waals surface area contributed by atoms with Gasteiger partial charge in [0.15, 0.2) is 11.2 Å². The number of ether oxygens (including phenoxy) is 1. The molecule has 7 nitrogen and oxygen atoms in total. The number of nitrogens with zero attached hydrogens (tertiary/aromatic N) is 1. The summed E-state index contributed by atoms with van der Waals surface area (Å²) in [5.41, 5.74) is 0.428. The number of methoxy groups -OCH3 is 1. The molecule has 24 heavy (non-hydrogen) atoms. The fourth-order valence-electron chi connectivity index (χ4n) is 2.34. The van der Waals surface area contributed by atoms with E-state index in [1.165, 1.54) is 42.3 Å². The molecule has 0 radical (unpaired) electrons. The van der Waals surface area contributed by atoms with Crippen LogP contribution in [-0.2, 0) is 7.05 Å². The molecule has 3 aromatic rings. The number of carbonyl (C=O) groups is 1. The average Bonchev–Trinajstić information content (AvgIpc) is 2.57. The van der Waals surface area contributed by atoms with Crippen LogP contribution in [0.3, 0.4) is 0 Å². The van der Waals surface area contributed by atoms with Crippen molar-refractivity contribution >= 4 is 22.6 Å². The molecule has 0 unspecified atom stereocenters. The topological polar surface area (TPSA) is 90.5 Å². The van der Waals surface area contributed by atoms with Crippen LogP contribution in [0.5, 0.6) is 5.75 Å². The summed E-state index contributed by atoms with van der Waals surface area (Å²) in [6.45, 7) is 0. The van der Waals surface area contributed by atoms with Gasteiger partial charge in [0.05, 0.1) is 25.0 Å². The molecule has 2 aromatic heterocycles. The first kappa shape index (κ1) is 15.5. The maximum atomic E-state index is 12.4. The second-order valence-electron chi connectivity index (χ2n) is 5.15. The van der Waals surface area contributed by atoms with E-state index in [0.717, 1.165) is 0 Å². The lowest BCUT2D eigenvalue weighted by molar-refractivity contribution is 0.101. The van der Waals surface area contributed by atoms with Gasteiger partial charge in [-0.3, -0.25) is 14.4 Å². The molecular weight excluding hydrogens is 312 g/mol. The SMILES string of the molecule is COc1cn(C)c(C(=O)Nc2ccc3occc(=O)c3c2)cc1=O. The predicted molar refractivity (Wildman–Crippen MR) is 88.7 cm³/mol. The van der Waals surface area contributed by atoms with E-state index in [4.69, 9.17) is 9.15 Å². The molecule has 122 valence electrons. The summed E-state index contributed by atoms with van der Waals surface area (Å²) < 4.78 is 11.6. The number of nitrogens with one attached hydrogen (secondary N) is 1. The number of fused-ring (bicyclic) bond motifs is 1. The molecule has 0 aliphatic rings. The molecule has 1 aromatic carbocycles. The molecule has 0 bridgehead atoms. The first-order valence-corrected chi connectivity index (χ1v) is 7.07.